The molecule has 196 valence electrons. The molecule has 3 aromatic carbocycles. The van der Waals surface area contributed by atoms with Crippen molar-refractivity contribution in [2.75, 3.05) is 12.4 Å². The highest BCUT2D eigenvalue weighted by Gasteiger charge is 2.67. The highest BCUT2D eigenvalue weighted by Crippen LogP contribution is 2.51. The third-order valence-electron chi connectivity index (χ3n) is 7.10. The number of carbonyl (C=O) groups excluding carboxylic acids is 1. The molecule has 0 unspecified atom stereocenters. The first kappa shape index (κ1) is 25.6. The third-order valence-corrected chi connectivity index (χ3v) is 7.69. The normalized spacial score (nSPS) is 23.7. The molecule has 0 aliphatic carbocycles. The molecular weight excluding hydrogens is 560 g/mol. The summed E-state index contributed by atoms with van der Waals surface area (Å²) in [6.07, 6.45) is 0. The first-order chi connectivity index (χ1) is 18.2. The summed E-state index contributed by atoms with van der Waals surface area (Å²) >= 11 is 3.50. The average Bonchev–Trinajstić information content (AvgIpc) is 3.36. The predicted molar refractivity (Wildman–Crippen MR) is 141 cm³/mol. The van der Waals surface area contributed by atoms with Gasteiger partial charge in [0.05, 0.1) is 22.4 Å². The molecule has 0 saturated carbocycles. The van der Waals surface area contributed by atoms with Gasteiger partial charge in [0, 0.05) is 34.3 Å². The zero-order valence-corrected chi connectivity index (χ0v) is 21.9. The van der Waals surface area contributed by atoms with Crippen LogP contribution in [0.2, 0.25) is 0 Å². The number of hydrogen-bond acceptors (Lipinski definition) is 8. The minimum atomic E-state index is -1.53. The number of nitrogens with one attached hydrogen (secondary N) is 2. The first-order valence-corrected chi connectivity index (χ1v) is 12.5. The number of para-hydroxylation sites is 1. The lowest BCUT2D eigenvalue weighted by atomic mass is 9.78. The van der Waals surface area contributed by atoms with Crippen molar-refractivity contribution in [3.8, 4) is 11.5 Å². The van der Waals surface area contributed by atoms with Gasteiger partial charge < -0.3 is 14.8 Å². The fourth-order valence-electron chi connectivity index (χ4n) is 5.54. The van der Waals surface area contributed by atoms with Crippen molar-refractivity contribution in [1.29, 1.82) is 0 Å². The van der Waals surface area contributed by atoms with E-state index in [-0.39, 0.29) is 12.3 Å². The van der Waals surface area contributed by atoms with Crippen LogP contribution in [0.1, 0.15) is 29.5 Å². The molecule has 2 heterocycles. The van der Waals surface area contributed by atoms with Crippen LogP contribution in [0, 0.1) is 20.2 Å². The molecule has 1 fully saturated rings. The van der Waals surface area contributed by atoms with Crippen molar-refractivity contribution in [1.82, 2.24) is 5.32 Å². The molecule has 1 amide bonds. The maximum absolute atomic E-state index is 13.2. The number of nitro benzene ring substituents is 1. The van der Waals surface area contributed by atoms with Crippen molar-refractivity contribution >= 4 is 33.2 Å². The van der Waals surface area contributed by atoms with Crippen LogP contribution in [0.3, 0.4) is 0 Å². The number of fused-ring (bicyclic) bond motifs is 2. The fourth-order valence-corrected chi connectivity index (χ4v) is 6.12. The number of methoxy groups -OCH3 is 1. The Kier molecular flexibility index (Phi) is 6.53. The highest BCUT2D eigenvalue weighted by atomic mass is 79.9. The van der Waals surface area contributed by atoms with Crippen molar-refractivity contribution in [3.63, 3.8) is 0 Å². The van der Waals surface area contributed by atoms with Crippen molar-refractivity contribution in [2.24, 2.45) is 0 Å². The van der Waals surface area contributed by atoms with Crippen LogP contribution in [0.15, 0.2) is 65.1 Å². The van der Waals surface area contributed by atoms with Crippen LogP contribution in [0.5, 0.6) is 11.5 Å². The molecule has 1 spiro atoms. The Morgan fingerprint density at radius 1 is 1.08 bits per heavy atom. The summed E-state index contributed by atoms with van der Waals surface area (Å²) in [4.78, 5) is 36.0. The zero-order chi connectivity index (χ0) is 27.2. The Hall–Kier alpha value is -4.03. The van der Waals surface area contributed by atoms with Gasteiger partial charge in [-0.15, -0.1) is 0 Å². The van der Waals surface area contributed by atoms with Gasteiger partial charge in [0.2, 0.25) is 0 Å². The number of anilines is 1. The highest BCUT2D eigenvalue weighted by molar-refractivity contribution is 9.10. The second-order valence-corrected chi connectivity index (χ2v) is 10.1. The van der Waals surface area contributed by atoms with Crippen molar-refractivity contribution in [2.45, 2.75) is 37.1 Å². The van der Waals surface area contributed by atoms with E-state index in [4.69, 9.17) is 9.47 Å². The molecule has 12 heteroatoms. The molecule has 3 aromatic rings. The molecule has 0 bridgehead atoms. The summed E-state index contributed by atoms with van der Waals surface area (Å²) < 4.78 is 12.0. The molecule has 2 aliphatic rings. The van der Waals surface area contributed by atoms with Crippen LogP contribution < -0.4 is 20.1 Å². The number of non-ortho nitro benzene ring substituents is 1. The van der Waals surface area contributed by atoms with Gasteiger partial charge in [0.1, 0.15) is 6.61 Å². The topological polar surface area (TPSA) is 146 Å². The Morgan fingerprint density at radius 2 is 1.84 bits per heavy atom. The van der Waals surface area contributed by atoms with Crippen molar-refractivity contribution < 1.29 is 24.1 Å². The van der Waals surface area contributed by atoms with Gasteiger partial charge in [0.15, 0.2) is 17.0 Å². The number of benzene rings is 3. The van der Waals surface area contributed by atoms with Crippen LogP contribution in [0.25, 0.3) is 0 Å². The molecule has 5 rings (SSSR count). The molecule has 2 aliphatic heterocycles. The van der Waals surface area contributed by atoms with E-state index in [0.29, 0.717) is 38.3 Å². The van der Waals surface area contributed by atoms with Crippen molar-refractivity contribution in [3.05, 3.63) is 102 Å². The summed E-state index contributed by atoms with van der Waals surface area (Å²) in [6.45, 7) is 1.85. The maximum atomic E-state index is 13.2. The number of carbonyl (C=O) groups is 1. The largest absolute Gasteiger partial charge is 0.493 e. The lowest BCUT2D eigenvalue weighted by molar-refractivity contribution is -0.532. The number of ether oxygens (including phenoxy) is 2. The number of hydrogen-bond donors (Lipinski definition) is 2. The van der Waals surface area contributed by atoms with E-state index in [1.165, 1.54) is 19.2 Å². The van der Waals surface area contributed by atoms with Gasteiger partial charge >= 0.3 is 0 Å². The standard InChI is InChI=1S/C26H23BrN4O7/c1-14-22(24(31(35)36)26(29-14)18-8-3-4-9-20(18)28-25(26)32)16-11-19(27)23(21(12-16)37-2)38-13-15-6-5-7-17(10-15)30(33)34/h3-12,14,22,24,29H,13H2,1-2H3,(H,28,32)/t14-,22-,24+,26+/m0/s1. The fraction of sp³-hybridized carbons (Fsp3) is 0.269. The van der Waals surface area contributed by atoms with Gasteiger partial charge in [0.25, 0.3) is 17.6 Å². The van der Waals surface area contributed by atoms with E-state index in [1.54, 1.807) is 48.5 Å². The lowest BCUT2D eigenvalue weighted by Gasteiger charge is -2.25. The van der Waals surface area contributed by atoms with Gasteiger partial charge in [-0.1, -0.05) is 30.3 Å². The van der Waals surface area contributed by atoms with Crippen LogP contribution in [-0.4, -0.2) is 34.9 Å². The molecule has 0 aromatic heterocycles. The summed E-state index contributed by atoms with van der Waals surface area (Å²) in [7, 11) is 1.45. The number of amides is 1. The maximum Gasteiger partial charge on any atom is 0.269 e. The summed E-state index contributed by atoms with van der Waals surface area (Å²) in [5.74, 6) is -0.473. The first-order valence-electron chi connectivity index (χ1n) is 11.7. The molecule has 11 nitrogen and oxygen atoms in total. The minimum absolute atomic E-state index is 0.0367. The lowest BCUT2D eigenvalue weighted by Crippen LogP contribution is -2.54. The quantitative estimate of drug-likeness (QED) is 0.305. The Labute approximate surface area is 225 Å². The number of nitro groups is 2. The molecule has 4 atom stereocenters. The summed E-state index contributed by atoms with van der Waals surface area (Å²) in [6, 6.07) is 14.7. The number of rotatable bonds is 7. The van der Waals surface area contributed by atoms with Crippen LogP contribution in [-0.2, 0) is 16.9 Å². The third kappa shape index (κ3) is 4.05. The number of nitrogens with zero attached hydrogens (tertiary/aromatic N) is 2. The number of halogens is 1. The molecule has 38 heavy (non-hydrogen) atoms. The van der Waals surface area contributed by atoms with E-state index >= 15 is 0 Å². The van der Waals surface area contributed by atoms with Gasteiger partial charge in [-0.25, -0.2) is 0 Å². The smallest absolute Gasteiger partial charge is 0.269 e. The van der Waals surface area contributed by atoms with Gasteiger partial charge in [-0.3, -0.25) is 30.3 Å². The van der Waals surface area contributed by atoms with Gasteiger partial charge in [-0.05, 0) is 52.2 Å². The van der Waals surface area contributed by atoms with E-state index in [9.17, 15) is 25.0 Å². The van der Waals surface area contributed by atoms with E-state index < -0.39 is 39.3 Å². The van der Waals surface area contributed by atoms with Crippen LogP contribution in [0.4, 0.5) is 11.4 Å². The van der Waals surface area contributed by atoms with Gasteiger partial charge in [-0.2, -0.15) is 0 Å². The summed E-state index contributed by atoms with van der Waals surface area (Å²) in [5, 5.41) is 29.7. The second-order valence-electron chi connectivity index (χ2n) is 9.25. The Morgan fingerprint density at radius 3 is 2.55 bits per heavy atom. The molecule has 1 saturated heterocycles. The molecule has 2 N–H and O–H groups in total. The zero-order valence-electron chi connectivity index (χ0n) is 20.3. The molecule has 0 radical (unpaired) electrons. The second kappa shape index (κ2) is 9.69. The Bertz CT molecular complexity index is 1470. The van der Waals surface area contributed by atoms with Crippen LogP contribution >= 0.6 is 15.9 Å². The molecular formula is C26H23BrN4O7. The minimum Gasteiger partial charge on any atom is -0.493 e. The van der Waals surface area contributed by atoms with E-state index in [1.807, 2.05) is 6.92 Å². The summed E-state index contributed by atoms with van der Waals surface area (Å²) in [5.41, 5.74) is 0.699. The van der Waals surface area contributed by atoms with E-state index in [0.717, 1.165) is 0 Å². The monoisotopic (exact) mass is 582 g/mol. The van der Waals surface area contributed by atoms with E-state index in [2.05, 4.69) is 26.6 Å². The Balaban J connectivity index is 1.51. The SMILES string of the molecule is COc1cc([C@@H]2[C@H](C)N[C@@]3(C(=O)Nc4ccccc43)[C@@H]2[N+](=O)[O-])cc(Br)c1OCc1cccc([N+](=O)[O-])c1. The average molecular weight is 583 g/mol. The predicted octanol–water partition coefficient (Wildman–Crippen LogP) is 4.51.